The highest BCUT2D eigenvalue weighted by atomic mass is 16.1. The highest BCUT2D eigenvalue weighted by molar-refractivity contribution is 5.99. The van der Waals surface area contributed by atoms with Crippen LogP contribution in [-0.2, 0) is 4.79 Å². The van der Waals surface area contributed by atoms with Crippen molar-refractivity contribution in [3.05, 3.63) is 29.8 Å². The molecule has 0 aromatic heterocycles. The third kappa shape index (κ3) is 2.70. The summed E-state index contributed by atoms with van der Waals surface area (Å²) in [5, 5.41) is 2.92. The monoisotopic (exact) mass is 246 g/mol. The molecule has 4 nitrogen and oxygen atoms in total. The van der Waals surface area contributed by atoms with Gasteiger partial charge in [-0.05, 0) is 25.5 Å². The standard InChI is InChI=1S/C14H18N2O2/c1-10(17)13-5-3-4-6-14(13)16-8-7-12(9-16)15-11(2)18/h3-6,12H,7-9H2,1-2H3,(H,15,18). The highest BCUT2D eigenvalue weighted by Crippen LogP contribution is 2.24. The van der Waals surface area contributed by atoms with Gasteiger partial charge in [-0.25, -0.2) is 0 Å². The van der Waals surface area contributed by atoms with Crippen molar-refractivity contribution in [3.8, 4) is 0 Å². The summed E-state index contributed by atoms with van der Waals surface area (Å²) < 4.78 is 0. The van der Waals surface area contributed by atoms with Crippen LogP contribution < -0.4 is 10.2 Å². The van der Waals surface area contributed by atoms with E-state index in [1.54, 1.807) is 6.92 Å². The first-order valence-corrected chi connectivity index (χ1v) is 6.20. The molecule has 1 fully saturated rings. The maximum absolute atomic E-state index is 11.6. The number of rotatable bonds is 3. The van der Waals surface area contributed by atoms with Crippen molar-refractivity contribution in [2.75, 3.05) is 18.0 Å². The minimum Gasteiger partial charge on any atom is -0.369 e. The lowest BCUT2D eigenvalue weighted by Gasteiger charge is -2.21. The molecule has 2 rings (SSSR count). The Morgan fingerprint density at radius 3 is 2.67 bits per heavy atom. The predicted octanol–water partition coefficient (Wildman–Crippen LogP) is 1.60. The van der Waals surface area contributed by atoms with Crippen LogP contribution in [0.25, 0.3) is 0 Å². The van der Waals surface area contributed by atoms with Crippen LogP contribution in [0.2, 0.25) is 0 Å². The normalized spacial score (nSPS) is 18.8. The van der Waals surface area contributed by atoms with Crippen LogP contribution in [0.1, 0.15) is 30.6 Å². The average Bonchev–Trinajstić information content (AvgIpc) is 2.76. The molecule has 1 amide bonds. The molecular weight excluding hydrogens is 228 g/mol. The van der Waals surface area contributed by atoms with Crippen LogP contribution in [0.3, 0.4) is 0 Å². The van der Waals surface area contributed by atoms with Gasteiger partial charge in [-0.15, -0.1) is 0 Å². The number of carbonyl (C=O) groups is 2. The fraction of sp³-hybridized carbons (Fsp3) is 0.429. The minimum absolute atomic E-state index is 0.00158. The Morgan fingerprint density at radius 1 is 1.28 bits per heavy atom. The zero-order chi connectivity index (χ0) is 13.1. The zero-order valence-electron chi connectivity index (χ0n) is 10.8. The molecule has 1 aromatic carbocycles. The number of nitrogens with one attached hydrogen (secondary N) is 1. The van der Waals surface area contributed by atoms with Gasteiger partial charge in [-0.2, -0.15) is 0 Å². The molecule has 1 aliphatic rings. The van der Waals surface area contributed by atoms with Crippen LogP contribution >= 0.6 is 0 Å². The van der Waals surface area contributed by atoms with Gasteiger partial charge in [0.05, 0.1) is 0 Å². The first kappa shape index (κ1) is 12.6. The molecule has 0 radical (unpaired) electrons. The molecule has 1 N–H and O–H groups in total. The number of anilines is 1. The number of Topliss-reactive ketones (excluding diaryl/α,β-unsaturated/α-hetero) is 1. The Kier molecular flexibility index (Phi) is 3.65. The second-order valence-corrected chi connectivity index (χ2v) is 4.71. The van der Waals surface area contributed by atoms with E-state index in [-0.39, 0.29) is 17.7 Å². The third-order valence-corrected chi connectivity index (χ3v) is 3.22. The molecule has 1 atom stereocenters. The number of benzene rings is 1. The van der Waals surface area contributed by atoms with E-state index >= 15 is 0 Å². The lowest BCUT2D eigenvalue weighted by Crippen LogP contribution is -2.35. The number of ketones is 1. The van der Waals surface area contributed by atoms with Gasteiger partial charge in [0.25, 0.3) is 0 Å². The summed E-state index contributed by atoms with van der Waals surface area (Å²) >= 11 is 0. The van der Waals surface area contributed by atoms with E-state index in [0.29, 0.717) is 0 Å². The number of carbonyl (C=O) groups excluding carboxylic acids is 2. The van der Waals surface area contributed by atoms with E-state index in [9.17, 15) is 9.59 Å². The molecule has 1 heterocycles. The van der Waals surface area contributed by atoms with E-state index in [0.717, 1.165) is 30.8 Å². The number of amides is 1. The maximum Gasteiger partial charge on any atom is 0.217 e. The third-order valence-electron chi connectivity index (χ3n) is 3.22. The summed E-state index contributed by atoms with van der Waals surface area (Å²) in [5.41, 5.74) is 1.72. The first-order chi connectivity index (χ1) is 8.58. The highest BCUT2D eigenvalue weighted by Gasteiger charge is 2.25. The SMILES string of the molecule is CC(=O)NC1CCN(c2ccccc2C(C)=O)C1. The number of para-hydroxylation sites is 1. The van der Waals surface area contributed by atoms with Crippen LogP contribution in [0.4, 0.5) is 5.69 Å². The summed E-state index contributed by atoms with van der Waals surface area (Å²) in [4.78, 5) is 24.8. The topological polar surface area (TPSA) is 49.4 Å². The van der Waals surface area contributed by atoms with Crippen LogP contribution in [0, 0.1) is 0 Å². The molecule has 0 spiro atoms. The molecule has 1 saturated heterocycles. The summed E-state index contributed by atoms with van der Waals surface area (Å²) in [7, 11) is 0. The molecule has 1 unspecified atom stereocenters. The van der Waals surface area contributed by atoms with E-state index in [1.165, 1.54) is 6.92 Å². The molecule has 96 valence electrons. The van der Waals surface area contributed by atoms with Crippen molar-refractivity contribution in [2.24, 2.45) is 0 Å². The number of hydrogen-bond acceptors (Lipinski definition) is 3. The maximum atomic E-state index is 11.6. The molecule has 0 aliphatic carbocycles. The van der Waals surface area contributed by atoms with Gasteiger partial charge in [0.1, 0.15) is 0 Å². The van der Waals surface area contributed by atoms with E-state index in [1.807, 2.05) is 24.3 Å². The molecule has 1 aliphatic heterocycles. The summed E-state index contributed by atoms with van der Waals surface area (Å²) in [6, 6.07) is 7.81. The summed E-state index contributed by atoms with van der Waals surface area (Å²) in [6.45, 7) is 4.76. The smallest absolute Gasteiger partial charge is 0.217 e. The lowest BCUT2D eigenvalue weighted by molar-refractivity contribution is -0.119. The predicted molar refractivity (Wildman–Crippen MR) is 70.9 cm³/mol. The van der Waals surface area contributed by atoms with E-state index in [2.05, 4.69) is 10.2 Å². The molecular formula is C14H18N2O2. The largest absolute Gasteiger partial charge is 0.369 e. The van der Waals surface area contributed by atoms with Gasteiger partial charge >= 0.3 is 0 Å². The number of nitrogens with zero attached hydrogens (tertiary/aromatic N) is 1. The Morgan fingerprint density at radius 2 is 2.00 bits per heavy atom. The van der Waals surface area contributed by atoms with Gasteiger partial charge in [0, 0.05) is 37.3 Å². The quantitative estimate of drug-likeness (QED) is 0.824. The van der Waals surface area contributed by atoms with Crippen molar-refractivity contribution < 1.29 is 9.59 Å². The van der Waals surface area contributed by atoms with Crippen molar-refractivity contribution >= 4 is 17.4 Å². The second-order valence-electron chi connectivity index (χ2n) is 4.71. The lowest BCUT2D eigenvalue weighted by atomic mass is 10.1. The molecule has 0 bridgehead atoms. The van der Waals surface area contributed by atoms with Crippen LogP contribution in [0.15, 0.2) is 24.3 Å². The molecule has 1 aromatic rings. The minimum atomic E-state index is 0.00158. The van der Waals surface area contributed by atoms with Gasteiger partial charge in [-0.1, -0.05) is 12.1 Å². The van der Waals surface area contributed by atoms with Crippen molar-refractivity contribution in [1.29, 1.82) is 0 Å². The summed E-state index contributed by atoms with van der Waals surface area (Å²) in [5.74, 6) is 0.0790. The first-order valence-electron chi connectivity index (χ1n) is 6.20. The molecule has 4 heteroatoms. The second kappa shape index (κ2) is 5.21. The van der Waals surface area contributed by atoms with Crippen molar-refractivity contribution in [3.63, 3.8) is 0 Å². The Labute approximate surface area is 107 Å². The zero-order valence-corrected chi connectivity index (χ0v) is 10.8. The fourth-order valence-corrected chi connectivity index (χ4v) is 2.43. The van der Waals surface area contributed by atoms with E-state index < -0.39 is 0 Å². The van der Waals surface area contributed by atoms with Crippen molar-refractivity contribution in [2.45, 2.75) is 26.3 Å². The van der Waals surface area contributed by atoms with Crippen molar-refractivity contribution in [1.82, 2.24) is 5.32 Å². The average molecular weight is 246 g/mol. The van der Waals surface area contributed by atoms with Gasteiger partial charge < -0.3 is 10.2 Å². The Balaban J connectivity index is 2.14. The summed E-state index contributed by atoms with van der Waals surface area (Å²) in [6.07, 6.45) is 0.922. The van der Waals surface area contributed by atoms with Crippen LogP contribution in [0.5, 0.6) is 0 Å². The Bertz CT molecular complexity index is 471. The fourth-order valence-electron chi connectivity index (χ4n) is 2.43. The molecule has 0 saturated carbocycles. The van der Waals surface area contributed by atoms with Gasteiger partial charge in [0.15, 0.2) is 5.78 Å². The number of hydrogen-bond donors (Lipinski definition) is 1. The van der Waals surface area contributed by atoms with Gasteiger partial charge in [-0.3, -0.25) is 9.59 Å². The van der Waals surface area contributed by atoms with Crippen LogP contribution in [-0.4, -0.2) is 30.8 Å². The van der Waals surface area contributed by atoms with E-state index in [4.69, 9.17) is 0 Å². The Hall–Kier alpha value is -1.84. The van der Waals surface area contributed by atoms with Gasteiger partial charge in [0.2, 0.25) is 5.91 Å². The molecule has 18 heavy (non-hydrogen) atoms.